The molecule has 122 valence electrons. The maximum absolute atomic E-state index is 12.4. The second kappa shape index (κ2) is 8.30. The van der Waals surface area contributed by atoms with Crippen LogP contribution in [0.3, 0.4) is 0 Å². The maximum atomic E-state index is 12.4. The Hall–Kier alpha value is -1.39. The molecule has 0 aromatic heterocycles. The van der Waals surface area contributed by atoms with Gasteiger partial charge >= 0.3 is 0 Å². The zero-order chi connectivity index (χ0) is 15.9. The van der Waals surface area contributed by atoms with E-state index in [0.717, 1.165) is 24.9 Å². The summed E-state index contributed by atoms with van der Waals surface area (Å²) in [5, 5.41) is 13.1. The van der Waals surface area contributed by atoms with Crippen molar-refractivity contribution in [3.8, 4) is 0 Å². The van der Waals surface area contributed by atoms with Crippen LogP contribution in [0.15, 0.2) is 30.3 Å². The van der Waals surface area contributed by atoms with E-state index in [9.17, 15) is 9.90 Å². The Labute approximate surface area is 133 Å². The van der Waals surface area contributed by atoms with Crippen molar-refractivity contribution in [2.24, 2.45) is 0 Å². The number of rotatable bonds is 6. The zero-order valence-electron chi connectivity index (χ0n) is 13.7. The van der Waals surface area contributed by atoms with Crippen molar-refractivity contribution in [1.29, 1.82) is 0 Å². The van der Waals surface area contributed by atoms with Crippen LogP contribution in [0.5, 0.6) is 0 Å². The number of aliphatic hydroxyl groups excluding tert-OH is 1. The van der Waals surface area contributed by atoms with Gasteiger partial charge in [0, 0.05) is 12.6 Å². The van der Waals surface area contributed by atoms with Gasteiger partial charge in [0.05, 0.1) is 12.1 Å². The molecule has 1 aliphatic rings. The predicted molar refractivity (Wildman–Crippen MR) is 88.5 cm³/mol. The molecule has 0 aliphatic carbocycles. The molecule has 1 aliphatic heterocycles. The summed E-state index contributed by atoms with van der Waals surface area (Å²) in [6, 6.07) is 9.97. The van der Waals surface area contributed by atoms with Gasteiger partial charge in [0.2, 0.25) is 5.91 Å². The van der Waals surface area contributed by atoms with Gasteiger partial charge in [-0.3, -0.25) is 9.69 Å². The number of amides is 1. The Morgan fingerprint density at radius 3 is 2.73 bits per heavy atom. The fraction of sp³-hybridized carbons (Fsp3) is 0.611. The maximum Gasteiger partial charge on any atom is 0.237 e. The Balaban J connectivity index is 1.79. The van der Waals surface area contributed by atoms with E-state index >= 15 is 0 Å². The highest BCUT2D eigenvalue weighted by Gasteiger charge is 2.29. The lowest BCUT2D eigenvalue weighted by molar-refractivity contribution is -0.128. The lowest BCUT2D eigenvalue weighted by Gasteiger charge is -2.37. The third-order valence-electron chi connectivity index (χ3n) is 4.41. The number of benzene rings is 1. The smallest absolute Gasteiger partial charge is 0.237 e. The molecule has 22 heavy (non-hydrogen) atoms. The van der Waals surface area contributed by atoms with Gasteiger partial charge in [-0.15, -0.1) is 0 Å². The summed E-state index contributed by atoms with van der Waals surface area (Å²) in [6.07, 6.45) is 3.26. The van der Waals surface area contributed by atoms with Crippen LogP contribution in [0.2, 0.25) is 0 Å². The Morgan fingerprint density at radius 2 is 2.05 bits per heavy atom. The highest BCUT2D eigenvalue weighted by atomic mass is 16.3. The van der Waals surface area contributed by atoms with E-state index in [1.165, 1.54) is 6.42 Å². The molecule has 2 rings (SSSR count). The van der Waals surface area contributed by atoms with E-state index in [0.29, 0.717) is 19.0 Å². The number of carbonyl (C=O) groups is 1. The average Bonchev–Trinajstić information content (AvgIpc) is 2.55. The topological polar surface area (TPSA) is 52.6 Å². The largest absolute Gasteiger partial charge is 0.388 e. The Bertz CT molecular complexity index is 461. The van der Waals surface area contributed by atoms with Gasteiger partial charge in [-0.25, -0.2) is 0 Å². The molecule has 0 bridgehead atoms. The molecule has 1 amide bonds. The summed E-state index contributed by atoms with van der Waals surface area (Å²) >= 11 is 0. The highest BCUT2D eigenvalue weighted by molar-refractivity contribution is 5.81. The molecule has 1 aromatic rings. The van der Waals surface area contributed by atoms with E-state index in [4.69, 9.17) is 0 Å². The highest BCUT2D eigenvalue weighted by Crippen LogP contribution is 2.20. The van der Waals surface area contributed by atoms with Crippen molar-refractivity contribution in [3.63, 3.8) is 0 Å². The molecule has 1 heterocycles. The third kappa shape index (κ3) is 4.55. The second-order valence-electron chi connectivity index (χ2n) is 6.35. The molecule has 4 heteroatoms. The van der Waals surface area contributed by atoms with Crippen molar-refractivity contribution >= 4 is 5.91 Å². The third-order valence-corrected chi connectivity index (χ3v) is 4.41. The molecular weight excluding hydrogens is 276 g/mol. The zero-order valence-corrected chi connectivity index (χ0v) is 13.7. The standard InChI is InChI=1S/C18H28N2O2/c1-14(2)20-13-7-6-10-16(20)18(22)19-12-11-17(21)15-8-4-3-5-9-15/h3-5,8-9,14,16-17,21H,6-7,10-13H2,1-2H3,(H,19,22)/t16-,17+/m0/s1. The van der Waals surface area contributed by atoms with Crippen LogP contribution in [0.25, 0.3) is 0 Å². The number of hydrogen-bond acceptors (Lipinski definition) is 3. The number of aliphatic hydroxyl groups is 1. The molecule has 0 spiro atoms. The molecular formula is C18H28N2O2. The van der Waals surface area contributed by atoms with Gasteiger partial charge in [0.15, 0.2) is 0 Å². The van der Waals surface area contributed by atoms with Crippen LogP contribution in [0.4, 0.5) is 0 Å². The lowest BCUT2D eigenvalue weighted by Crippen LogP contribution is -2.52. The summed E-state index contributed by atoms with van der Waals surface area (Å²) < 4.78 is 0. The first-order chi connectivity index (χ1) is 10.6. The molecule has 0 radical (unpaired) electrons. The number of nitrogens with zero attached hydrogens (tertiary/aromatic N) is 1. The molecule has 4 nitrogen and oxygen atoms in total. The minimum Gasteiger partial charge on any atom is -0.388 e. The van der Waals surface area contributed by atoms with Crippen LogP contribution in [0.1, 0.15) is 51.2 Å². The van der Waals surface area contributed by atoms with Crippen LogP contribution in [-0.4, -0.2) is 41.1 Å². The van der Waals surface area contributed by atoms with E-state index in [1.54, 1.807) is 0 Å². The average molecular weight is 304 g/mol. The first-order valence-corrected chi connectivity index (χ1v) is 8.36. The monoisotopic (exact) mass is 304 g/mol. The van der Waals surface area contributed by atoms with E-state index in [1.807, 2.05) is 30.3 Å². The Kier molecular flexibility index (Phi) is 6.40. The van der Waals surface area contributed by atoms with Crippen molar-refractivity contribution in [2.45, 2.75) is 57.7 Å². The predicted octanol–water partition coefficient (Wildman–Crippen LogP) is 2.49. The van der Waals surface area contributed by atoms with E-state index < -0.39 is 6.10 Å². The first-order valence-electron chi connectivity index (χ1n) is 8.36. The number of nitrogens with one attached hydrogen (secondary N) is 1. The lowest BCUT2D eigenvalue weighted by atomic mass is 9.99. The van der Waals surface area contributed by atoms with E-state index in [-0.39, 0.29) is 11.9 Å². The minimum absolute atomic E-state index is 0.0115. The summed E-state index contributed by atoms with van der Waals surface area (Å²) in [5.74, 6) is 0.105. The van der Waals surface area contributed by atoms with Crippen LogP contribution in [0, 0.1) is 0 Å². The van der Waals surface area contributed by atoms with Gasteiger partial charge in [-0.2, -0.15) is 0 Å². The quantitative estimate of drug-likeness (QED) is 0.849. The molecule has 2 atom stereocenters. The number of carbonyl (C=O) groups excluding carboxylic acids is 1. The van der Waals surface area contributed by atoms with Crippen molar-refractivity contribution in [1.82, 2.24) is 10.2 Å². The van der Waals surface area contributed by atoms with Gasteiger partial charge in [-0.1, -0.05) is 36.8 Å². The van der Waals surface area contributed by atoms with Crippen molar-refractivity contribution in [2.75, 3.05) is 13.1 Å². The van der Waals surface area contributed by atoms with Crippen molar-refractivity contribution in [3.05, 3.63) is 35.9 Å². The molecule has 1 saturated heterocycles. The fourth-order valence-electron chi connectivity index (χ4n) is 3.15. The minimum atomic E-state index is -0.519. The first kappa shape index (κ1) is 17.0. The summed E-state index contributed by atoms with van der Waals surface area (Å²) in [4.78, 5) is 14.7. The van der Waals surface area contributed by atoms with Gasteiger partial charge < -0.3 is 10.4 Å². The van der Waals surface area contributed by atoms with Gasteiger partial charge in [-0.05, 0) is 45.2 Å². The summed E-state index contributed by atoms with van der Waals surface area (Å²) in [5.41, 5.74) is 0.901. The normalized spacial score (nSPS) is 20.8. The Morgan fingerprint density at radius 1 is 1.32 bits per heavy atom. The van der Waals surface area contributed by atoms with E-state index in [2.05, 4.69) is 24.1 Å². The molecule has 1 aromatic carbocycles. The van der Waals surface area contributed by atoms with Crippen LogP contribution < -0.4 is 5.32 Å². The summed E-state index contributed by atoms with van der Waals surface area (Å²) in [6.45, 7) is 5.80. The number of piperidine rings is 1. The summed E-state index contributed by atoms with van der Waals surface area (Å²) in [7, 11) is 0. The molecule has 0 unspecified atom stereocenters. The van der Waals surface area contributed by atoms with Crippen LogP contribution in [-0.2, 0) is 4.79 Å². The number of likely N-dealkylation sites (tertiary alicyclic amines) is 1. The molecule has 0 saturated carbocycles. The van der Waals surface area contributed by atoms with Gasteiger partial charge in [0.25, 0.3) is 0 Å². The van der Waals surface area contributed by atoms with Gasteiger partial charge in [0.1, 0.15) is 0 Å². The fourth-order valence-corrected chi connectivity index (χ4v) is 3.15. The van der Waals surface area contributed by atoms with Crippen molar-refractivity contribution < 1.29 is 9.90 Å². The molecule has 1 fully saturated rings. The molecule has 2 N–H and O–H groups in total. The number of hydrogen-bond donors (Lipinski definition) is 2. The van der Waals surface area contributed by atoms with Crippen LogP contribution >= 0.6 is 0 Å². The second-order valence-corrected chi connectivity index (χ2v) is 6.35. The SMILES string of the molecule is CC(C)N1CCCC[C@H]1C(=O)NCC[C@@H](O)c1ccccc1.